The van der Waals surface area contributed by atoms with Crippen LogP contribution in [0.25, 0.3) is 16.9 Å². The number of pyridine rings is 1. The highest BCUT2D eigenvalue weighted by Crippen LogP contribution is 2.36. The first-order valence-electron chi connectivity index (χ1n) is 5.77. The van der Waals surface area contributed by atoms with Gasteiger partial charge in [-0.25, -0.2) is 9.37 Å². The standard InChI is InChI=1S/C14H10FN3/c15-9-1-3-11-8(5-9)6-12-14(11)17-13-4-2-10(16)7-18(12)13/h1-5,7H,6,16H2. The minimum Gasteiger partial charge on any atom is -0.398 e. The third kappa shape index (κ3) is 1.14. The monoisotopic (exact) mass is 239 g/mol. The molecule has 0 unspecified atom stereocenters. The molecule has 0 atom stereocenters. The Labute approximate surface area is 103 Å². The molecular formula is C14H10FN3. The second kappa shape index (κ2) is 3.10. The number of nitrogens with zero attached hydrogens (tertiary/aromatic N) is 2. The van der Waals surface area contributed by atoms with Crippen molar-refractivity contribution in [3.63, 3.8) is 0 Å². The number of benzene rings is 1. The van der Waals surface area contributed by atoms with Crippen molar-refractivity contribution in [2.45, 2.75) is 6.42 Å². The van der Waals surface area contributed by atoms with Crippen LogP contribution in [0.5, 0.6) is 0 Å². The van der Waals surface area contributed by atoms with Gasteiger partial charge in [0.15, 0.2) is 0 Å². The molecule has 0 spiro atoms. The van der Waals surface area contributed by atoms with Gasteiger partial charge in [0.05, 0.1) is 11.4 Å². The van der Waals surface area contributed by atoms with Gasteiger partial charge in [-0.2, -0.15) is 0 Å². The van der Waals surface area contributed by atoms with Crippen LogP contribution in [0.4, 0.5) is 10.1 Å². The topological polar surface area (TPSA) is 43.3 Å². The Morgan fingerprint density at radius 1 is 1.22 bits per heavy atom. The third-order valence-electron chi connectivity index (χ3n) is 3.42. The third-order valence-corrected chi connectivity index (χ3v) is 3.42. The fourth-order valence-electron chi connectivity index (χ4n) is 2.61. The van der Waals surface area contributed by atoms with Crippen LogP contribution < -0.4 is 5.73 Å². The Morgan fingerprint density at radius 3 is 3.00 bits per heavy atom. The second-order valence-electron chi connectivity index (χ2n) is 4.58. The quantitative estimate of drug-likeness (QED) is 0.512. The van der Waals surface area contributed by atoms with Crippen molar-refractivity contribution >= 4 is 11.3 Å². The van der Waals surface area contributed by atoms with Crippen molar-refractivity contribution in [1.82, 2.24) is 9.38 Å². The van der Waals surface area contributed by atoms with Crippen LogP contribution >= 0.6 is 0 Å². The Balaban J connectivity index is 2.04. The molecule has 2 aromatic heterocycles. The predicted octanol–water partition coefficient (Wildman–Crippen LogP) is 2.63. The summed E-state index contributed by atoms with van der Waals surface area (Å²) in [6.45, 7) is 0. The second-order valence-corrected chi connectivity index (χ2v) is 4.58. The van der Waals surface area contributed by atoms with Crippen LogP contribution in [0, 0.1) is 5.82 Å². The van der Waals surface area contributed by atoms with Gasteiger partial charge in [0, 0.05) is 23.9 Å². The first-order valence-corrected chi connectivity index (χ1v) is 5.77. The van der Waals surface area contributed by atoms with E-state index in [9.17, 15) is 4.39 Å². The summed E-state index contributed by atoms with van der Waals surface area (Å²) in [5, 5.41) is 0. The summed E-state index contributed by atoms with van der Waals surface area (Å²) in [5.74, 6) is -0.201. The summed E-state index contributed by atoms with van der Waals surface area (Å²) in [6.07, 6.45) is 2.57. The molecule has 0 radical (unpaired) electrons. The summed E-state index contributed by atoms with van der Waals surface area (Å²) in [4.78, 5) is 4.59. The highest BCUT2D eigenvalue weighted by atomic mass is 19.1. The van der Waals surface area contributed by atoms with E-state index in [1.54, 1.807) is 12.1 Å². The highest BCUT2D eigenvalue weighted by Gasteiger charge is 2.24. The lowest BCUT2D eigenvalue weighted by molar-refractivity contribution is 0.626. The molecule has 3 nitrogen and oxygen atoms in total. The zero-order valence-electron chi connectivity index (χ0n) is 9.52. The van der Waals surface area contributed by atoms with Gasteiger partial charge in [0.25, 0.3) is 0 Å². The molecule has 0 fully saturated rings. The van der Waals surface area contributed by atoms with E-state index in [0.29, 0.717) is 12.1 Å². The first-order chi connectivity index (χ1) is 8.72. The van der Waals surface area contributed by atoms with Crippen molar-refractivity contribution < 1.29 is 4.39 Å². The van der Waals surface area contributed by atoms with Crippen LogP contribution in [0.3, 0.4) is 0 Å². The van der Waals surface area contributed by atoms with Crippen molar-refractivity contribution in [3.05, 3.63) is 53.6 Å². The van der Waals surface area contributed by atoms with Crippen LogP contribution in [0.2, 0.25) is 0 Å². The van der Waals surface area contributed by atoms with E-state index < -0.39 is 0 Å². The Hall–Kier alpha value is -2.36. The van der Waals surface area contributed by atoms with Crippen molar-refractivity contribution in [2.75, 3.05) is 5.73 Å². The number of rotatable bonds is 0. The average Bonchev–Trinajstić information content (AvgIpc) is 2.84. The lowest BCUT2D eigenvalue weighted by Crippen LogP contribution is -1.94. The van der Waals surface area contributed by atoms with Crippen LogP contribution in [0.15, 0.2) is 36.5 Å². The van der Waals surface area contributed by atoms with E-state index in [0.717, 1.165) is 28.2 Å². The van der Waals surface area contributed by atoms with Gasteiger partial charge in [-0.3, -0.25) is 0 Å². The molecule has 0 saturated heterocycles. The molecule has 1 aromatic carbocycles. The van der Waals surface area contributed by atoms with Crippen LogP contribution in [0.1, 0.15) is 11.3 Å². The Bertz CT molecular complexity index is 789. The van der Waals surface area contributed by atoms with Crippen molar-refractivity contribution in [2.24, 2.45) is 0 Å². The van der Waals surface area contributed by atoms with Gasteiger partial charge < -0.3 is 10.1 Å². The molecule has 4 rings (SSSR count). The molecule has 0 bridgehead atoms. The van der Waals surface area contributed by atoms with Crippen LogP contribution in [-0.4, -0.2) is 9.38 Å². The number of imidazole rings is 1. The summed E-state index contributed by atoms with van der Waals surface area (Å²) in [7, 11) is 0. The molecule has 0 aliphatic heterocycles. The van der Waals surface area contributed by atoms with Gasteiger partial charge in [0.1, 0.15) is 11.5 Å². The molecule has 0 amide bonds. The molecule has 88 valence electrons. The molecule has 18 heavy (non-hydrogen) atoms. The van der Waals surface area contributed by atoms with Crippen LogP contribution in [-0.2, 0) is 6.42 Å². The number of halogens is 1. The number of fused-ring (bicyclic) bond motifs is 5. The average molecular weight is 239 g/mol. The number of anilines is 1. The molecule has 1 aliphatic rings. The van der Waals surface area contributed by atoms with E-state index in [4.69, 9.17) is 5.73 Å². The lowest BCUT2D eigenvalue weighted by atomic mass is 10.1. The SMILES string of the molecule is Nc1ccc2nc3c(n2c1)Cc1cc(F)ccc1-3. The molecule has 1 aliphatic carbocycles. The maximum Gasteiger partial charge on any atom is 0.137 e. The van der Waals surface area contributed by atoms with E-state index in [1.165, 1.54) is 6.07 Å². The maximum atomic E-state index is 13.2. The normalized spacial score (nSPS) is 12.7. The molecule has 2 N–H and O–H groups in total. The van der Waals surface area contributed by atoms with Crippen molar-refractivity contribution in [3.8, 4) is 11.3 Å². The van der Waals surface area contributed by atoms with E-state index in [-0.39, 0.29) is 5.82 Å². The zero-order chi connectivity index (χ0) is 12.3. The van der Waals surface area contributed by atoms with E-state index >= 15 is 0 Å². The van der Waals surface area contributed by atoms with Gasteiger partial charge in [0.2, 0.25) is 0 Å². The Kier molecular flexibility index (Phi) is 1.66. The molecule has 3 aromatic rings. The summed E-state index contributed by atoms with van der Waals surface area (Å²) in [6, 6.07) is 8.59. The number of nitrogen functional groups attached to an aromatic ring is 1. The first kappa shape index (κ1) is 9.65. The maximum absolute atomic E-state index is 13.2. The zero-order valence-corrected chi connectivity index (χ0v) is 9.52. The fourth-order valence-corrected chi connectivity index (χ4v) is 2.61. The number of hydrogen-bond acceptors (Lipinski definition) is 2. The van der Waals surface area contributed by atoms with Gasteiger partial charge in [-0.15, -0.1) is 0 Å². The molecule has 0 saturated carbocycles. The predicted molar refractivity (Wildman–Crippen MR) is 67.8 cm³/mol. The molecule has 2 heterocycles. The van der Waals surface area contributed by atoms with Gasteiger partial charge in [-0.1, -0.05) is 0 Å². The number of nitrogens with two attached hydrogens (primary N) is 1. The van der Waals surface area contributed by atoms with E-state index in [1.807, 2.05) is 22.7 Å². The smallest absolute Gasteiger partial charge is 0.137 e. The van der Waals surface area contributed by atoms with Gasteiger partial charge >= 0.3 is 0 Å². The summed E-state index contributed by atoms with van der Waals surface area (Å²) >= 11 is 0. The van der Waals surface area contributed by atoms with Gasteiger partial charge in [-0.05, 0) is 35.9 Å². The largest absolute Gasteiger partial charge is 0.398 e. The number of hydrogen-bond donors (Lipinski definition) is 1. The highest BCUT2D eigenvalue weighted by molar-refractivity contribution is 5.75. The number of aromatic nitrogens is 2. The minimum absolute atomic E-state index is 0.201. The molecular weight excluding hydrogens is 229 g/mol. The Morgan fingerprint density at radius 2 is 2.11 bits per heavy atom. The lowest BCUT2D eigenvalue weighted by Gasteiger charge is -2.01. The summed E-state index contributed by atoms with van der Waals surface area (Å²) < 4.78 is 15.2. The minimum atomic E-state index is -0.201. The van der Waals surface area contributed by atoms with Crippen molar-refractivity contribution in [1.29, 1.82) is 0 Å². The summed E-state index contributed by atoms with van der Waals surface area (Å²) in [5.41, 5.74) is 11.4. The molecule has 4 heteroatoms. The fraction of sp³-hybridized carbons (Fsp3) is 0.0714. The van der Waals surface area contributed by atoms with E-state index in [2.05, 4.69) is 4.98 Å².